The first-order valence-electron chi connectivity index (χ1n) is 9.61. The molecule has 0 aliphatic heterocycles. The summed E-state index contributed by atoms with van der Waals surface area (Å²) in [5.41, 5.74) is 1.10. The number of rotatable bonds is 8. The number of nitrogens with one attached hydrogen (secondary N) is 2. The predicted octanol–water partition coefficient (Wildman–Crippen LogP) is 2.66. The monoisotopic (exact) mass is 405 g/mol. The van der Waals surface area contributed by atoms with Gasteiger partial charge in [-0.1, -0.05) is 36.4 Å². The summed E-state index contributed by atoms with van der Waals surface area (Å²) in [4.78, 5) is 36.9. The van der Waals surface area contributed by atoms with E-state index in [0.29, 0.717) is 24.5 Å². The number of amides is 2. The van der Waals surface area contributed by atoms with Crippen LogP contribution in [-0.2, 0) is 11.3 Å². The van der Waals surface area contributed by atoms with Crippen LogP contribution in [0.25, 0.3) is 0 Å². The molecule has 0 unspecified atom stereocenters. The minimum Gasteiger partial charge on any atom is -0.484 e. The quantitative estimate of drug-likeness (QED) is 0.603. The summed E-state index contributed by atoms with van der Waals surface area (Å²) < 4.78 is 6.92. The van der Waals surface area contributed by atoms with Gasteiger partial charge >= 0.3 is 0 Å². The Morgan fingerprint density at radius 1 is 1.00 bits per heavy atom. The van der Waals surface area contributed by atoms with Crippen molar-refractivity contribution in [3.63, 3.8) is 0 Å². The van der Waals surface area contributed by atoms with Gasteiger partial charge in [0.2, 0.25) is 0 Å². The minimum absolute atomic E-state index is 0.0436. The fourth-order valence-electron chi connectivity index (χ4n) is 2.87. The van der Waals surface area contributed by atoms with Crippen LogP contribution in [0.15, 0.2) is 77.7 Å². The first kappa shape index (κ1) is 20.9. The molecular weight excluding hydrogens is 382 g/mol. The lowest BCUT2D eigenvalue weighted by Gasteiger charge is -2.10. The fraction of sp³-hybridized carbons (Fsp3) is 0.174. The van der Waals surface area contributed by atoms with E-state index in [1.165, 1.54) is 10.6 Å². The molecule has 3 aromatic rings. The van der Waals surface area contributed by atoms with Crippen molar-refractivity contribution in [1.29, 1.82) is 0 Å². The van der Waals surface area contributed by atoms with Gasteiger partial charge in [-0.25, -0.2) is 0 Å². The SMILES string of the molecule is CCNC(=O)COc1cccc(NC(=O)c2cccn(Cc3ccccc3)c2=O)c1. The molecular formula is C23H23N3O4. The maximum absolute atomic E-state index is 12.7. The van der Waals surface area contributed by atoms with Gasteiger partial charge in [-0.2, -0.15) is 0 Å². The molecule has 0 radical (unpaired) electrons. The number of carbonyl (C=O) groups is 2. The number of likely N-dealkylation sites (N-methyl/N-ethyl adjacent to an activating group) is 1. The van der Waals surface area contributed by atoms with Gasteiger partial charge in [0.1, 0.15) is 11.3 Å². The summed E-state index contributed by atoms with van der Waals surface area (Å²) in [7, 11) is 0. The average molecular weight is 405 g/mol. The first-order chi connectivity index (χ1) is 14.6. The van der Waals surface area contributed by atoms with Gasteiger partial charge in [0.05, 0.1) is 6.54 Å². The molecule has 2 N–H and O–H groups in total. The van der Waals surface area contributed by atoms with Crippen LogP contribution in [0.1, 0.15) is 22.8 Å². The molecule has 1 aromatic heterocycles. The zero-order chi connectivity index (χ0) is 21.3. The zero-order valence-electron chi connectivity index (χ0n) is 16.6. The van der Waals surface area contributed by atoms with Gasteiger partial charge in [0.25, 0.3) is 17.4 Å². The highest BCUT2D eigenvalue weighted by atomic mass is 16.5. The number of hydrogen-bond donors (Lipinski definition) is 2. The molecule has 0 saturated carbocycles. The second-order valence-electron chi connectivity index (χ2n) is 6.56. The maximum Gasteiger partial charge on any atom is 0.263 e. The largest absolute Gasteiger partial charge is 0.484 e. The summed E-state index contributed by atoms with van der Waals surface area (Å²) in [5.74, 6) is -0.299. The summed E-state index contributed by atoms with van der Waals surface area (Å²) in [6.07, 6.45) is 1.65. The van der Waals surface area contributed by atoms with Crippen LogP contribution < -0.4 is 20.9 Å². The highest BCUT2D eigenvalue weighted by Gasteiger charge is 2.13. The number of carbonyl (C=O) groups excluding carboxylic acids is 2. The van der Waals surface area contributed by atoms with Gasteiger partial charge in [0.15, 0.2) is 6.61 Å². The van der Waals surface area contributed by atoms with Crippen molar-refractivity contribution >= 4 is 17.5 Å². The van der Waals surface area contributed by atoms with E-state index in [4.69, 9.17) is 4.74 Å². The number of anilines is 1. The predicted molar refractivity (Wildman–Crippen MR) is 115 cm³/mol. The molecule has 3 rings (SSSR count). The van der Waals surface area contributed by atoms with Gasteiger partial charge in [-0.15, -0.1) is 0 Å². The van der Waals surface area contributed by atoms with Crippen molar-refractivity contribution in [3.8, 4) is 5.75 Å². The molecule has 7 nitrogen and oxygen atoms in total. The highest BCUT2D eigenvalue weighted by Crippen LogP contribution is 2.17. The normalized spacial score (nSPS) is 10.3. The van der Waals surface area contributed by atoms with Crippen molar-refractivity contribution in [3.05, 3.63) is 94.4 Å². The van der Waals surface area contributed by atoms with Gasteiger partial charge < -0.3 is 19.9 Å². The molecule has 154 valence electrons. The van der Waals surface area contributed by atoms with E-state index in [9.17, 15) is 14.4 Å². The number of ether oxygens (including phenoxy) is 1. The van der Waals surface area contributed by atoms with E-state index < -0.39 is 5.91 Å². The fourth-order valence-corrected chi connectivity index (χ4v) is 2.87. The maximum atomic E-state index is 12.7. The molecule has 0 atom stereocenters. The Hall–Kier alpha value is -3.87. The topological polar surface area (TPSA) is 89.4 Å². The first-order valence-corrected chi connectivity index (χ1v) is 9.61. The Morgan fingerprint density at radius 2 is 1.80 bits per heavy atom. The molecule has 2 aromatic carbocycles. The molecule has 0 fully saturated rings. The van der Waals surface area contributed by atoms with Crippen LogP contribution in [-0.4, -0.2) is 29.5 Å². The second kappa shape index (κ2) is 10.1. The number of nitrogens with zero attached hydrogens (tertiary/aromatic N) is 1. The Morgan fingerprint density at radius 3 is 2.57 bits per heavy atom. The third kappa shape index (κ3) is 5.57. The summed E-state index contributed by atoms with van der Waals surface area (Å²) in [6, 6.07) is 19.4. The molecule has 0 saturated heterocycles. The van der Waals surface area contributed by atoms with Gasteiger partial charge in [0, 0.05) is 24.5 Å². The molecule has 0 spiro atoms. The third-order valence-corrected chi connectivity index (χ3v) is 4.30. The lowest BCUT2D eigenvalue weighted by atomic mass is 10.2. The molecule has 0 aliphatic carbocycles. The summed E-state index contributed by atoms with van der Waals surface area (Å²) >= 11 is 0. The van der Waals surface area contributed by atoms with Crippen molar-refractivity contribution in [2.24, 2.45) is 0 Å². The second-order valence-corrected chi connectivity index (χ2v) is 6.56. The van der Waals surface area contributed by atoms with Crippen LogP contribution in [0.4, 0.5) is 5.69 Å². The summed E-state index contributed by atoms with van der Waals surface area (Å²) in [5, 5.41) is 5.35. The molecule has 0 bridgehead atoms. The van der Waals surface area contributed by atoms with Crippen molar-refractivity contribution in [2.45, 2.75) is 13.5 Å². The number of aromatic nitrogens is 1. The van der Waals surface area contributed by atoms with Crippen molar-refractivity contribution in [1.82, 2.24) is 9.88 Å². The zero-order valence-corrected chi connectivity index (χ0v) is 16.6. The third-order valence-electron chi connectivity index (χ3n) is 4.30. The smallest absolute Gasteiger partial charge is 0.263 e. The van der Waals surface area contributed by atoms with Crippen LogP contribution in [0.5, 0.6) is 5.75 Å². The van der Waals surface area contributed by atoms with E-state index >= 15 is 0 Å². The van der Waals surface area contributed by atoms with E-state index in [2.05, 4.69) is 10.6 Å². The molecule has 2 amide bonds. The molecule has 7 heteroatoms. The minimum atomic E-state index is -0.511. The van der Waals surface area contributed by atoms with E-state index in [1.54, 1.807) is 36.5 Å². The van der Waals surface area contributed by atoms with E-state index in [0.717, 1.165) is 5.56 Å². The van der Waals surface area contributed by atoms with Crippen LogP contribution in [0, 0.1) is 0 Å². The Kier molecular flexibility index (Phi) is 7.00. The van der Waals surface area contributed by atoms with Crippen molar-refractivity contribution < 1.29 is 14.3 Å². The molecule has 1 heterocycles. The average Bonchev–Trinajstić information content (AvgIpc) is 2.75. The number of pyridine rings is 1. The number of hydrogen-bond acceptors (Lipinski definition) is 4. The summed E-state index contributed by atoms with van der Waals surface area (Å²) in [6.45, 7) is 2.61. The van der Waals surface area contributed by atoms with Crippen LogP contribution >= 0.6 is 0 Å². The lowest BCUT2D eigenvalue weighted by Crippen LogP contribution is -2.29. The van der Waals surface area contributed by atoms with Crippen LogP contribution in [0.3, 0.4) is 0 Å². The Bertz CT molecular complexity index is 1080. The van der Waals surface area contributed by atoms with Gasteiger partial charge in [-0.3, -0.25) is 14.4 Å². The van der Waals surface area contributed by atoms with E-state index in [-0.39, 0.29) is 23.6 Å². The van der Waals surface area contributed by atoms with Crippen molar-refractivity contribution in [2.75, 3.05) is 18.5 Å². The molecule has 0 aliphatic rings. The Balaban J connectivity index is 1.70. The number of benzene rings is 2. The van der Waals surface area contributed by atoms with E-state index in [1.807, 2.05) is 37.3 Å². The lowest BCUT2D eigenvalue weighted by molar-refractivity contribution is -0.122. The Labute approximate surface area is 174 Å². The highest BCUT2D eigenvalue weighted by molar-refractivity contribution is 6.04. The van der Waals surface area contributed by atoms with Gasteiger partial charge in [-0.05, 0) is 36.8 Å². The molecule has 30 heavy (non-hydrogen) atoms. The standard InChI is InChI=1S/C23H23N3O4/c1-2-24-21(27)16-30-19-11-6-10-18(14-19)25-22(28)20-12-7-13-26(23(20)29)15-17-8-4-3-5-9-17/h3-14H,2,15-16H2,1H3,(H,24,27)(H,25,28). The van der Waals surface area contributed by atoms with Crippen LogP contribution in [0.2, 0.25) is 0 Å².